The topological polar surface area (TPSA) is 0 Å². The summed E-state index contributed by atoms with van der Waals surface area (Å²) >= 11 is 0. The average Bonchev–Trinajstić information content (AvgIpc) is 2.04. The van der Waals surface area contributed by atoms with E-state index in [-0.39, 0.29) is 5.82 Å². The molecule has 0 amide bonds. The molecule has 1 atom stereocenters. The Morgan fingerprint density at radius 3 is 2.75 bits per heavy atom. The van der Waals surface area contributed by atoms with Crippen LogP contribution in [0.4, 0.5) is 4.39 Å². The Morgan fingerprint density at radius 1 is 1.42 bits per heavy atom. The van der Waals surface area contributed by atoms with Gasteiger partial charge in [-0.25, -0.2) is 4.39 Å². The van der Waals surface area contributed by atoms with Gasteiger partial charge in [-0.1, -0.05) is 32.4 Å². The molecule has 0 radical (unpaired) electrons. The lowest BCUT2D eigenvalue weighted by Crippen LogP contribution is -1.97. The van der Waals surface area contributed by atoms with E-state index in [4.69, 9.17) is 0 Å². The maximum atomic E-state index is 12.7. The Bertz CT molecular complexity index is 243. The molecule has 66 valence electrons. The van der Waals surface area contributed by atoms with E-state index in [1.54, 1.807) is 12.1 Å². The van der Waals surface area contributed by atoms with E-state index in [0.717, 1.165) is 18.4 Å². The molecule has 0 aliphatic rings. The summed E-state index contributed by atoms with van der Waals surface area (Å²) in [7, 11) is 0. The summed E-state index contributed by atoms with van der Waals surface area (Å²) in [6, 6.07) is 6.86. The Balaban J connectivity index is 2.63. The van der Waals surface area contributed by atoms with Crippen LogP contribution in [0.3, 0.4) is 0 Å². The van der Waals surface area contributed by atoms with Gasteiger partial charge in [0.05, 0.1) is 0 Å². The van der Waals surface area contributed by atoms with Crippen LogP contribution in [-0.4, -0.2) is 0 Å². The zero-order chi connectivity index (χ0) is 8.97. The minimum atomic E-state index is -0.129. The van der Waals surface area contributed by atoms with Gasteiger partial charge in [-0.3, -0.25) is 0 Å². The first-order valence-electron chi connectivity index (χ1n) is 4.46. The smallest absolute Gasteiger partial charge is 0.123 e. The molecule has 0 aliphatic carbocycles. The van der Waals surface area contributed by atoms with Crippen LogP contribution in [0.2, 0.25) is 0 Å². The van der Waals surface area contributed by atoms with Crippen molar-refractivity contribution < 1.29 is 4.39 Å². The third-order valence-corrected chi connectivity index (χ3v) is 2.17. The second-order valence-corrected chi connectivity index (χ2v) is 3.35. The van der Waals surface area contributed by atoms with E-state index in [0.29, 0.717) is 5.92 Å². The van der Waals surface area contributed by atoms with Crippen molar-refractivity contribution >= 4 is 0 Å². The van der Waals surface area contributed by atoms with Crippen molar-refractivity contribution in [2.75, 3.05) is 0 Å². The molecule has 0 N–H and O–H groups in total. The van der Waals surface area contributed by atoms with E-state index in [2.05, 4.69) is 13.8 Å². The second-order valence-electron chi connectivity index (χ2n) is 3.35. The normalized spacial score (nSPS) is 12.9. The molecule has 1 aromatic carbocycles. The van der Waals surface area contributed by atoms with E-state index >= 15 is 0 Å². The van der Waals surface area contributed by atoms with Crippen LogP contribution in [0.1, 0.15) is 25.8 Å². The highest BCUT2D eigenvalue weighted by molar-refractivity contribution is 5.16. The van der Waals surface area contributed by atoms with Crippen LogP contribution in [0, 0.1) is 11.7 Å². The minimum Gasteiger partial charge on any atom is -0.207 e. The molecule has 0 saturated carbocycles. The minimum absolute atomic E-state index is 0.129. The van der Waals surface area contributed by atoms with Gasteiger partial charge in [-0.2, -0.15) is 0 Å². The van der Waals surface area contributed by atoms with Crippen molar-refractivity contribution in [1.82, 2.24) is 0 Å². The largest absolute Gasteiger partial charge is 0.207 e. The molecule has 0 aromatic heterocycles. The van der Waals surface area contributed by atoms with Gasteiger partial charge in [0.25, 0.3) is 0 Å². The SMILES string of the molecule is CC[C@H](C)Cc1cccc(F)c1. The summed E-state index contributed by atoms with van der Waals surface area (Å²) in [6.07, 6.45) is 2.13. The number of rotatable bonds is 3. The summed E-state index contributed by atoms with van der Waals surface area (Å²) in [6.45, 7) is 4.34. The van der Waals surface area contributed by atoms with Gasteiger partial charge in [0, 0.05) is 0 Å². The summed E-state index contributed by atoms with van der Waals surface area (Å²) in [5.74, 6) is 0.516. The van der Waals surface area contributed by atoms with E-state index in [1.807, 2.05) is 6.07 Å². The van der Waals surface area contributed by atoms with Crippen molar-refractivity contribution in [1.29, 1.82) is 0 Å². The fraction of sp³-hybridized carbons (Fsp3) is 0.455. The molecule has 0 bridgehead atoms. The van der Waals surface area contributed by atoms with Crippen molar-refractivity contribution in [3.8, 4) is 0 Å². The first kappa shape index (κ1) is 9.24. The first-order chi connectivity index (χ1) is 5.72. The third-order valence-electron chi connectivity index (χ3n) is 2.17. The number of benzene rings is 1. The molecule has 0 spiro atoms. The Kier molecular flexibility index (Phi) is 3.27. The third kappa shape index (κ3) is 2.65. The van der Waals surface area contributed by atoms with Crippen molar-refractivity contribution in [2.45, 2.75) is 26.7 Å². The van der Waals surface area contributed by atoms with Crippen LogP contribution in [0.25, 0.3) is 0 Å². The van der Waals surface area contributed by atoms with Crippen LogP contribution < -0.4 is 0 Å². The lowest BCUT2D eigenvalue weighted by atomic mass is 9.99. The summed E-state index contributed by atoms with van der Waals surface area (Å²) in [4.78, 5) is 0. The molecule has 0 fully saturated rings. The van der Waals surface area contributed by atoms with Crippen molar-refractivity contribution in [3.05, 3.63) is 35.6 Å². The highest BCUT2D eigenvalue weighted by Crippen LogP contribution is 2.12. The standard InChI is InChI=1S/C11H15F/c1-3-9(2)7-10-5-4-6-11(12)8-10/h4-6,8-9H,3,7H2,1-2H3/t9-/m0/s1. The summed E-state index contributed by atoms with van der Waals surface area (Å²) in [5.41, 5.74) is 1.10. The molecule has 1 rings (SSSR count). The van der Waals surface area contributed by atoms with Crippen LogP contribution in [0.15, 0.2) is 24.3 Å². The molecule has 0 saturated heterocycles. The fourth-order valence-corrected chi connectivity index (χ4v) is 1.21. The number of halogens is 1. The maximum Gasteiger partial charge on any atom is 0.123 e. The Morgan fingerprint density at radius 2 is 2.17 bits per heavy atom. The van der Waals surface area contributed by atoms with Crippen LogP contribution in [-0.2, 0) is 6.42 Å². The lowest BCUT2D eigenvalue weighted by Gasteiger charge is -2.07. The van der Waals surface area contributed by atoms with E-state index in [9.17, 15) is 4.39 Å². The maximum absolute atomic E-state index is 12.7. The molecular formula is C11H15F. The second kappa shape index (κ2) is 4.24. The summed E-state index contributed by atoms with van der Waals surface area (Å²) < 4.78 is 12.7. The van der Waals surface area contributed by atoms with Gasteiger partial charge < -0.3 is 0 Å². The van der Waals surface area contributed by atoms with E-state index in [1.165, 1.54) is 6.07 Å². The average molecular weight is 166 g/mol. The van der Waals surface area contributed by atoms with Gasteiger partial charge >= 0.3 is 0 Å². The Labute approximate surface area is 73.4 Å². The van der Waals surface area contributed by atoms with E-state index < -0.39 is 0 Å². The van der Waals surface area contributed by atoms with Crippen molar-refractivity contribution in [3.63, 3.8) is 0 Å². The highest BCUT2D eigenvalue weighted by Gasteiger charge is 2.01. The van der Waals surface area contributed by atoms with Gasteiger partial charge in [-0.05, 0) is 30.0 Å². The molecule has 0 heterocycles. The highest BCUT2D eigenvalue weighted by atomic mass is 19.1. The zero-order valence-corrected chi connectivity index (χ0v) is 7.68. The zero-order valence-electron chi connectivity index (χ0n) is 7.68. The van der Waals surface area contributed by atoms with Gasteiger partial charge in [0.2, 0.25) is 0 Å². The number of hydrogen-bond donors (Lipinski definition) is 0. The molecule has 0 nitrogen and oxygen atoms in total. The predicted molar refractivity (Wildman–Crippen MR) is 49.6 cm³/mol. The molecule has 1 heteroatoms. The molecule has 0 aliphatic heterocycles. The molecular weight excluding hydrogens is 151 g/mol. The van der Waals surface area contributed by atoms with Gasteiger partial charge in [0.15, 0.2) is 0 Å². The molecule has 1 aromatic rings. The number of hydrogen-bond acceptors (Lipinski definition) is 0. The fourth-order valence-electron chi connectivity index (χ4n) is 1.21. The molecule has 0 unspecified atom stereocenters. The van der Waals surface area contributed by atoms with Crippen LogP contribution in [0.5, 0.6) is 0 Å². The quantitative estimate of drug-likeness (QED) is 0.645. The van der Waals surface area contributed by atoms with Crippen LogP contribution >= 0.6 is 0 Å². The molecule has 12 heavy (non-hydrogen) atoms. The predicted octanol–water partition coefficient (Wildman–Crippen LogP) is 3.41. The Hall–Kier alpha value is -0.850. The van der Waals surface area contributed by atoms with Gasteiger partial charge in [0.1, 0.15) is 5.82 Å². The lowest BCUT2D eigenvalue weighted by molar-refractivity contribution is 0.555. The van der Waals surface area contributed by atoms with Crippen molar-refractivity contribution in [2.24, 2.45) is 5.92 Å². The van der Waals surface area contributed by atoms with Gasteiger partial charge in [-0.15, -0.1) is 0 Å². The monoisotopic (exact) mass is 166 g/mol. The summed E-state index contributed by atoms with van der Waals surface area (Å²) in [5, 5.41) is 0. The first-order valence-corrected chi connectivity index (χ1v) is 4.46.